The first-order chi connectivity index (χ1) is 9.95. The molecule has 1 aromatic heterocycles. The third-order valence-electron chi connectivity index (χ3n) is 3.62. The van der Waals surface area contributed by atoms with Crippen molar-refractivity contribution in [2.75, 3.05) is 6.54 Å². The normalized spacial score (nSPS) is 11.3. The van der Waals surface area contributed by atoms with Gasteiger partial charge in [-0.2, -0.15) is 0 Å². The number of imidazole rings is 1. The highest BCUT2D eigenvalue weighted by atomic mass is 15.1. The van der Waals surface area contributed by atoms with Crippen LogP contribution in [0.1, 0.15) is 42.1 Å². The molecule has 3 heteroatoms. The molecule has 0 saturated heterocycles. The van der Waals surface area contributed by atoms with Crippen molar-refractivity contribution in [3.63, 3.8) is 0 Å². The zero-order chi connectivity index (χ0) is 15.4. The van der Waals surface area contributed by atoms with Gasteiger partial charge in [0.2, 0.25) is 0 Å². The van der Waals surface area contributed by atoms with Gasteiger partial charge < -0.3 is 9.88 Å². The number of rotatable bonds is 6. The SMILES string of the molecule is Cc1cc(C)cc(Cn2c(CNCC(C)C)cnc2C)c1. The summed E-state index contributed by atoms with van der Waals surface area (Å²) in [5.41, 5.74) is 5.25. The van der Waals surface area contributed by atoms with Crippen LogP contribution < -0.4 is 5.32 Å². The van der Waals surface area contributed by atoms with Gasteiger partial charge in [-0.05, 0) is 38.8 Å². The molecule has 1 aromatic carbocycles. The molecule has 0 aliphatic carbocycles. The lowest BCUT2D eigenvalue weighted by molar-refractivity contribution is 0.537. The van der Waals surface area contributed by atoms with E-state index in [-0.39, 0.29) is 0 Å². The van der Waals surface area contributed by atoms with E-state index in [1.807, 2.05) is 6.20 Å². The third kappa shape index (κ3) is 4.43. The minimum atomic E-state index is 0.668. The first kappa shape index (κ1) is 15.8. The Morgan fingerprint density at radius 3 is 2.38 bits per heavy atom. The van der Waals surface area contributed by atoms with E-state index in [1.165, 1.54) is 22.4 Å². The summed E-state index contributed by atoms with van der Waals surface area (Å²) < 4.78 is 2.31. The second-order valence-corrected chi connectivity index (χ2v) is 6.40. The number of nitrogens with one attached hydrogen (secondary N) is 1. The molecule has 1 N–H and O–H groups in total. The van der Waals surface area contributed by atoms with Gasteiger partial charge in [0.05, 0.1) is 5.69 Å². The summed E-state index contributed by atoms with van der Waals surface area (Å²) in [6.07, 6.45) is 1.99. The molecule has 1 heterocycles. The summed E-state index contributed by atoms with van der Waals surface area (Å²) >= 11 is 0. The minimum Gasteiger partial charge on any atom is -0.327 e. The van der Waals surface area contributed by atoms with Crippen LogP contribution in [0.4, 0.5) is 0 Å². The second-order valence-electron chi connectivity index (χ2n) is 6.40. The van der Waals surface area contributed by atoms with Crippen molar-refractivity contribution in [3.8, 4) is 0 Å². The predicted octanol–water partition coefficient (Wildman–Crippen LogP) is 3.60. The topological polar surface area (TPSA) is 29.9 Å². The molecule has 114 valence electrons. The van der Waals surface area contributed by atoms with Gasteiger partial charge in [-0.3, -0.25) is 0 Å². The van der Waals surface area contributed by atoms with Crippen LogP contribution in [-0.2, 0) is 13.1 Å². The Kier molecular flexibility index (Phi) is 5.18. The molecule has 0 atom stereocenters. The smallest absolute Gasteiger partial charge is 0.106 e. The van der Waals surface area contributed by atoms with E-state index >= 15 is 0 Å². The molecular formula is C18H27N3. The molecule has 0 saturated carbocycles. The zero-order valence-corrected chi connectivity index (χ0v) is 13.9. The minimum absolute atomic E-state index is 0.668. The molecule has 21 heavy (non-hydrogen) atoms. The largest absolute Gasteiger partial charge is 0.327 e. The summed E-state index contributed by atoms with van der Waals surface area (Å²) in [5.74, 6) is 1.75. The number of hydrogen-bond donors (Lipinski definition) is 1. The number of benzene rings is 1. The van der Waals surface area contributed by atoms with Crippen LogP contribution in [0.5, 0.6) is 0 Å². The summed E-state index contributed by atoms with van der Waals surface area (Å²) in [5, 5.41) is 3.50. The number of nitrogens with zero attached hydrogens (tertiary/aromatic N) is 2. The Labute approximate surface area is 128 Å². The van der Waals surface area contributed by atoms with E-state index in [0.717, 1.165) is 25.5 Å². The van der Waals surface area contributed by atoms with E-state index < -0.39 is 0 Å². The third-order valence-corrected chi connectivity index (χ3v) is 3.62. The molecule has 0 spiro atoms. The molecule has 0 unspecified atom stereocenters. The molecule has 0 aliphatic rings. The fraction of sp³-hybridized carbons (Fsp3) is 0.500. The number of aromatic nitrogens is 2. The maximum atomic E-state index is 4.48. The number of aryl methyl sites for hydroxylation is 3. The molecule has 0 amide bonds. The van der Waals surface area contributed by atoms with Crippen LogP contribution in [0.25, 0.3) is 0 Å². The lowest BCUT2D eigenvalue weighted by Gasteiger charge is -2.13. The van der Waals surface area contributed by atoms with Crippen LogP contribution in [0.15, 0.2) is 24.4 Å². The molecule has 0 aliphatic heterocycles. The van der Waals surface area contributed by atoms with Crippen molar-refractivity contribution in [1.29, 1.82) is 0 Å². The summed E-state index contributed by atoms with van der Waals surface area (Å²) in [4.78, 5) is 4.48. The summed E-state index contributed by atoms with van der Waals surface area (Å²) in [6, 6.07) is 6.74. The average Bonchev–Trinajstić information content (AvgIpc) is 2.70. The van der Waals surface area contributed by atoms with Crippen LogP contribution in [0, 0.1) is 26.7 Å². The molecular weight excluding hydrogens is 258 g/mol. The van der Waals surface area contributed by atoms with Gasteiger partial charge in [-0.15, -0.1) is 0 Å². The highest BCUT2D eigenvalue weighted by molar-refractivity contribution is 5.29. The van der Waals surface area contributed by atoms with E-state index in [4.69, 9.17) is 0 Å². The van der Waals surface area contributed by atoms with Crippen molar-refractivity contribution < 1.29 is 0 Å². The predicted molar refractivity (Wildman–Crippen MR) is 88.5 cm³/mol. The van der Waals surface area contributed by atoms with Crippen molar-refractivity contribution in [2.45, 2.75) is 47.7 Å². The lowest BCUT2D eigenvalue weighted by Crippen LogP contribution is -2.21. The average molecular weight is 285 g/mol. The van der Waals surface area contributed by atoms with Gasteiger partial charge in [0.1, 0.15) is 5.82 Å². The maximum Gasteiger partial charge on any atom is 0.106 e. The Morgan fingerprint density at radius 1 is 1.10 bits per heavy atom. The van der Waals surface area contributed by atoms with Crippen molar-refractivity contribution in [2.24, 2.45) is 5.92 Å². The van der Waals surface area contributed by atoms with Crippen molar-refractivity contribution in [3.05, 3.63) is 52.6 Å². The second kappa shape index (κ2) is 6.90. The summed E-state index contributed by atoms with van der Waals surface area (Å²) in [6.45, 7) is 13.7. The molecule has 2 aromatic rings. The van der Waals surface area contributed by atoms with Crippen LogP contribution >= 0.6 is 0 Å². The Balaban J connectivity index is 2.13. The van der Waals surface area contributed by atoms with E-state index in [0.29, 0.717) is 5.92 Å². The highest BCUT2D eigenvalue weighted by Gasteiger charge is 2.08. The first-order valence-electron chi connectivity index (χ1n) is 7.74. The van der Waals surface area contributed by atoms with E-state index in [2.05, 4.69) is 67.7 Å². The fourth-order valence-electron chi connectivity index (χ4n) is 2.70. The van der Waals surface area contributed by atoms with E-state index in [9.17, 15) is 0 Å². The fourth-order valence-corrected chi connectivity index (χ4v) is 2.70. The zero-order valence-electron chi connectivity index (χ0n) is 13.9. The lowest BCUT2D eigenvalue weighted by atomic mass is 10.1. The van der Waals surface area contributed by atoms with Gasteiger partial charge in [0.15, 0.2) is 0 Å². The van der Waals surface area contributed by atoms with Crippen LogP contribution in [-0.4, -0.2) is 16.1 Å². The molecule has 2 rings (SSSR count). The van der Waals surface area contributed by atoms with Gasteiger partial charge in [0.25, 0.3) is 0 Å². The Hall–Kier alpha value is -1.61. The van der Waals surface area contributed by atoms with Crippen LogP contribution in [0.3, 0.4) is 0 Å². The quantitative estimate of drug-likeness (QED) is 0.879. The van der Waals surface area contributed by atoms with E-state index in [1.54, 1.807) is 0 Å². The van der Waals surface area contributed by atoms with Gasteiger partial charge >= 0.3 is 0 Å². The van der Waals surface area contributed by atoms with Gasteiger partial charge in [-0.1, -0.05) is 43.2 Å². The first-order valence-corrected chi connectivity index (χ1v) is 7.74. The maximum absolute atomic E-state index is 4.48. The molecule has 3 nitrogen and oxygen atoms in total. The standard InChI is InChI=1S/C18H27N3/c1-13(2)9-19-10-18-11-20-16(5)21(18)12-17-7-14(3)6-15(4)8-17/h6-8,11,13,19H,9-10,12H2,1-5H3. The summed E-state index contributed by atoms with van der Waals surface area (Å²) in [7, 11) is 0. The van der Waals surface area contributed by atoms with Crippen LogP contribution in [0.2, 0.25) is 0 Å². The highest BCUT2D eigenvalue weighted by Crippen LogP contribution is 2.13. The van der Waals surface area contributed by atoms with Gasteiger partial charge in [0, 0.05) is 19.3 Å². The molecule has 0 radical (unpaired) electrons. The van der Waals surface area contributed by atoms with Crippen molar-refractivity contribution >= 4 is 0 Å². The monoisotopic (exact) mass is 285 g/mol. The number of hydrogen-bond acceptors (Lipinski definition) is 2. The molecule has 0 bridgehead atoms. The Morgan fingerprint density at radius 2 is 1.76 bits per heavy atom. The molecule has 0 fully saturated rings. The van der Waals surface area contributed by atoms with Crippen molar-refractivity contribution in [1.82, 2.24) is 14.9 Å². The Bertz CT molecular complexity index is 576. The van der Waals surface area contributed by atoms with Gasteiger partial charge in [-0.25, -0.2) is 4.98 Å².